The van der Waals surface area contributed by atoms with Crippen molar-refractivity contribution in [2.24, 2.45) is 7.05 Å². The van der Waals surface area contributed by atoms with Crippen LogP contribution in [0.15, 0.2) is 64.2 Å². The Labute approximate surface area is 205 Å². The van der Waals surface area contributed by atoms with Crippen LogP contribution < -0.4 is 16.0 Å². The Kier molecular flexibility index (Phi) is 5.71. The van der Waals surface area contributed by atoms with E-state index in [0.29, 0.717) is 11.5 Å². The molecule has 184 valence electrons. The molecule has 0 spiro atoms. The number of imidazole rings is 2. The summed E-state index contributed by atoms with van der Waals surface area (Å²) in [5.41, 5.74) is 2.52. The molecule has 0 aliphatic rings. The quantitative estimate of drug-likeness (QED) is 0.341. The molecule has 2 aromatic carbocycles. The van der Waals surface area contributed by atoms with Crippen molar-refractivity contribution in [3.63, 3.8) is 0 Å². The number of ether oxygens (including phenoxy) is 2. The number of aryl methyl sites for hydroxylation is 2. The number of carbonyl (C=O) groups excluding carboxylic acids is 1. The SMILES string of the molecule is COc1ccc(-n2c(C)c(C)n3c4c(=O)n(CC(=O)OCc5ccccc5)c(=O)n(C)c4nc23)cc1. The highest BCUT2D eigenvalue weighted by molar-refractivity contribution is 5.78. The van der Waals surface area contributed by atoms with Gasteiger partial charge >= 0.3 is 11.7 Å². The van der Waals surface area contributed by atoms with E-state index in [2.05, 4.69) is 4.98 Å². The number of fused-ring (bicyclic) bond motifs is 3. The Morgan fingerprint density at radius 3 is 2.33 bits per heavy atom. The fourth-order valence-electron chi connectivity index (χ4n) is 4.34. The van der Waals surface area contributed by atoms with E-state index in [1.807, 2.05) is 73.0 Å². The van der Waals surface area contributed by atoms with Crippen molar-refractivity contribution < 1.29 is 14.3 Å². The molecule has 0 radical (unpaired) electrons. The van der Waals surface area contributed by atoms with Crippen molar-refractivity contribution in [2.45, 2.75) is 27.0 Å². The summed E-state index contributed by atoms with van der Waals surface area (Å²) in [4.78, 5) is 43.8. The molecule has 10 heteroatoms. The Bertz CT molecular complexity index is 1720. The number of nitrogens with zero attached hydrogens (tertiary/aromatic N) is 5. The summed E-state index contributed by atoms with van der Waals surface area (Å²) in [6, 6.07) is 16.7. The number of hydrogen-bond donors (Lipinski definition) is 0. The van der Waals surface area contributed by atoms with Gasteiger partial charge in [-0.25, -0.2) is 9.36 Å². The van der Waals surface area contributed by atoms with E-state index in [1.165, 1.54) is 11.6 Å². The van der Waals surface area contributed by atoms with Gasteiger partial charge < -0.3 is 9.47 Å². The predicted octanol–water partition coefficient (Wildman–Crippen LogP) is 2.51. The zero-order valence-corrected chi connectivity index (χ0v) is 20.4. The Morgan fingerprint density at radius 1 is 0.972 bits per heavy atom. The van der Waals surface area contributed by atoms with Crippen molar-refractivity contribution in [3.8, 4) is 11.4 Å². The van der Waals surface area contributed by atoms with Crippen molar-refractivity contribution in [3.05, 3.63) is 92.4 Å². The molecule has 10 nitrogen and oxygen atoms in total. The second-order valence-electron chi connectivity index (χ2n) is 8.50. The fourth-order valence-corrected chi connectivity index (χ4v) is 4.34. The smallest absolute Gasteiger partial charge is 0.333 e. The zero-order chi connectivity index (χ0) is 25.6. The highest BCUT2D eigenvalue weighted by Gasteiger charge is 2.24. The first-order valence-corrected chi connectivity index (χ1v) is 11.4. The fraction of sp³-hybridized carbons (Fsp3) is 0.231. The van der Waals surface area contributed by atoms with E-state index in [-0.39, 0.29) is 17.8 Å². The normalized spacial score (nSPS) is 11.3. The molecule has 0 atom stereocenters. The lowest BCUT2D eigenvalue weighted by molar-refractivity contribution is -0.145. The Morgan fingerprint density at radius 2 is 1.67 bits per heavy atom. The summed E-state index contributed by atoms with van der Waals surface area (Å²) < 4.78 is 16.4. The zero-order valence-electron chi connectivity index (χ0n) is 20.4. The molecule has 0 bridgehead atoms. The average molecular weight is 488 g/mol. The second kappa shape index (κ2) is 8.88. The third kappa shape index (κ3) is 3.67. The summed E-state index contributed by atoms with van der Waals surface area (Å²) in [5.74, 6) is 0.526. The number of hydrogen-bond acceptors (Lipinski definition) is 6. The van der Waals surface area contributed by atoms with Crippen molar-refractivity contribution >= 4 is 22.9 Å². The van der Waals surface area contributed by atoms with Gasteiger partial charge in [-0.15, -0.1) is 0 Å². The first-order valence-electron chi connectivity index (χ1n) is 11.4. The topological polar surface area (TPSA) is 102 Å². The molecule has 0 N–H and O–H groups in total. The first kappa shape index (κ1) is 23.2. The molecule has 3 heterocycles. The van der Waals surface area contributed by atoms with Crippen LogP contribution in [0.4, 0.5) is 0 Å². The van der Waals surface area contributed by atoms with E-state index >= 15 is 0 Å². The number of esters is 1. The van der Waals surface area contributed by atoms with Gasteiger partial charge in [-0.3, -0.25) is 23.1 Å². The molecule has 0 saturated heterocycles. The van der Waals surface area contributed by atoms with Crippen LogP contribution in [0.1, 0.15) is 17.0 Å². The molecular formula is C26H25N5O5. The minimum atomic E-state index is -0.679. The van der Waals surface area contributed by atoms with E-state index < -0.39 is 23.8 Å². The average Bonchev–Trinajstić information content (AvgIpc) is 3.39. The molecule has 0 saturated carbocycles. The molecule has 0 aliphatic heterocycles. The van der Waals surface area contributed by atoms with Crippen LogP contribution in [-0.2, 0) is 29.7 Å². The van der Waals surface area contributed by atoms with Crippen LogP contribution in [0.3, 0.4) is 0 Å². The summed E-state index contributed by atoms with van der Waals surface area (Å²) in [7, 11) is 3.13. The number of carbonyl (C=O) groups is 1. The molecule has 5 rings (SSSR count). The molecule has 0 amide bonds. The molecular weight excluding hydrogens is 462 g/mol. The van der Waals surface area contributed by atoms with Gasteiger partial charge in [0, 0.05) is 24.1 Å². The van der Waals surface area contributed by atoms with Gasteiger partial charge in [-0.2, -0.15) is 4.98 Å². The Balaban J connectivity index is 1.61. The third-order valence-corrected chi connectivity index (χ3v) is 6.38. The Hall–Kier alpha value is -4.60. The lowest BCUT2D eigenvalue weighted by Gasteiger charge is -2.09. The lowest BCUT2D eigenvalue weighted by atomic mass is 10.2. The summed E-state index contributed by atoms with van der Waals surface area (Å²) in [6.45, 7) is 3.36. The van der Waals surface area contributed by atoms with Crippen LogP contribution in [0.2, 0.25) is 0 Å². The molecule has 3 aromatic heterocycles. The maximum Gasteiger partial charge on any atom is 0.333 e. The summed E-state index contributed by atoms with van der Waals surface area (Å²) in [5, 5.41) is 0. The van der Waals surface area contributed by atoms with E-state index in [9.17, 15) is 14.4 Å². The number of methoxy groups -OCH3 is 1. The molecule has 5 aromatic rings. The molecule has 0 unspecified atom stereocenters. The van der Waals surface area contributed by atoms with Crippen LogP contribution in [0.25, 0.3) is 22.6 Å². The monoisotopic (exact) mass is 487 g/mol. The maximum atomic E-state index is 13.5. The number of benzene rings is 2. The van der Waals surface area contributed by atoms with Gasteiger partial charge in [0.15, 0.2) is 11.2 Å². The van der Waals surface area contributed by atoms with Crippen LogP contribution in [0.5, 0.6) is 5.75 Å². The van der Waals surface area contributed by atoms with Gasteiger partial charge in [0.1, 0.15) is 18.9 Å². The summed E-state index contributed by atoms with van der Waals surface area (Å²) >= 11 is 0. The van der Waals surface area contributed by atoms with Crippen LogP contribution in [0, 0.1) is 13.8 Å². The van der Waals surface area contributed by atoms with Crippen LogP contribution in [-0.4, -0.2) is 36.2 Å². The number of aromatic nitrogens is 5. The second-order valence-corrected chi connectivity index (χ2v) is 8.50. The third-order valence-electron chi connectivity index (χ3n) is 6.38. The largest absolute Gasteiger partial charge is 0.497 e. The van der Waals surface area contributed by atoms with Gasteiger partial charge in [-0.1, -0.05) is 30.3 Å². The first-order chi connectivity index (χ1) is 17.3. The molecule has 36 heavy (non-hydrogen) atoms. The summed E-state index contributed by atoms with van der Waals surface area (Å²) in [6.07, 6.45) is 0. The van der Waals surface area contributed by atoms with Crippen molar-refractivity contribution in [1.82, 2.24) is 23.1 Å². The van der Waals surface area contributed by atoms with Crippen molar-refractivity contribution in [2.75, 3.05) is 7.11 Å². The number of rotatable bonds is 6. The van der Waals surface area contributed by atoms with E-state index in [0.717, 1.165) is 27.2 Å². The highest BCUT2D eigenvalue weighted by atomic mass is 16.5. The van der Waals surface area contributed by atoms with Gasteiger partial charge in [-0.05, 0) is 43.7 Å². The predicted molar refractivity (Wildman–Crippen MR) is 134 cm³/mol. The van der Waals surface area contributed by atoms with Gasteiger partial charge in [0.25, 0.3) is 5.56 Å². The van der Waals surface area contributed by atoms with Gasteiger partial charge in [0.2, 0.25) is 5.78 Å². The van der Waals surface area contributed by atoms with Crippen LogP contribution >= 0.6 is 0 Å². The van der Waals surface area contributed by atoms with Crippen molar-refractivity contribution in [1.29, 1.82) is 0 Å². The maximum absolute atomic E-state index is 13.5. The standard InChI is InChI=1S/C26H25N5O5/c1-16-17(2)31-22-23(27-25(31)30(16)19-10-12-20(35-4)13-11-19)28(3)26(34)29(24(22)33)14-21(32)36-15-18-8-6-5-7-9-18/h5-13H,14-15H2,1-4H3. The molecule has 0 aliphatic carbocycles. The minimum Gasteiger partial charge on any atom is -0.497 e. The van der Waals surface area contributed by atoms with E-state index in [4.69, 9.17) is 9.47 Å². The van der Waals surface area contributed by atoms with E-state index in [1.54, 1.807) is 11.5 Å². The van der Waals surface area contributed by atoms with Gasteiger partial charge in [0.05, 0.1) is 7.11 Å². The highest BCUT2D eigenvalue weighted by Crippen LogP contribution is 2.25. The lowest BCUT2D eigenvalue weighted by Crippen LogP contribution is -2.41. The molecule has 0 fully saturated rings. The minimum absolute atomic E-state index is 0.0525.